The van der Waals surface area contributed by atoms with Crippen molar-refractivity contribution < 1.29 is 0 Å². The first-order valence-corrected chi connectivity index (χ1v) is 6.17. The van der Waals surface area contributed by atoms with Crippen LogP contribution in [0.5, 0.6) is 0 Å². The lowest BCUT2D eigenvalue weighted by molar-refractivity contribution is 0.973. The second-order valence-corrected chi connectivity index (χ2v) is 5.00. The predicted molar refractivity (Wildman–Crippen MR) is 68.8 cm³/mol. The Morgan fingerprint density at radius 3 is 2.88 bits per heavy atom. The van der Waals surface area contributed by atoms with Gasteiger partial charge in [-0.1, -0.05) is 36.9 Å². The molecule has 1 aromatic carbocycles. The van der Waals surface area contributed by atoms with Crippen LogP contribution in [-0.2, 0) is 0 Å². The number of rotatable bonds is 5. The van der Waals surface area contributed by atoms with Gasteiger partial charge in [-0.25, -0.2) is 4.98 Å². The van der Waals surface area contributed by atoms with E-state index in [2.05, 4.69) is 34.3 Å². The highest BCUT2D eigenvalue weighted by Crippen LogP contribution is 2.19. The monoisotopic (exact) mass is 233 g/mol. The van der Waals surface area contributed by atoms with Gasteiger partial charge in [0.25, 0.3) is 0 Å². The summed E-state index contributed by atoms with van der Waals surface area (Å²) in [5.74, 6) is 0. The molecule has 0 aliphatic heterocycles. The van der Waals surface area contributed by atoms with Crippen molar-refractivity contribution in [2.24, 2.45) is 0 Å². The van der Waals surface area contributed by atoms with Gasteiger partial charge in [-0.15, -0.1) is 0 Å². The molecule has 3 nitrogen and oxygen atoms in total. The summed E-state index contributed by atoms with van der Waals surface area (Å²) in [4.78, 5) is 7.28. The van der Waals surface area contributed by atoms with Crippen molar-refractivity contribution in [3.05, 3.63) is 42.7 Å². The van der Waals surface area contributed by atoms with Gasteiger partial charge in [-0.3, -0.25) is 0 Å². The fourth-order valence-corrected chi connectivity index (χ4v) is 2.17. The fourth-order valence-electron chi connectivity index (χ4n) is 1.37. The molecule has 0 aliphatic rings. The van der Waals surface area contributed by atoms with Gasteiger partial charge >= 0.3 is 0 Å². The summed E-state index contributed by atoms with van der Waals surface area (Å²) in [5.41, 5.74) is 1.16. The van der Waals surface area contributed by atoms with Gasteiger partial charge in [-0.2, -0.15) is 0 Å². The number of para-hydroxylation sites is 1. The van der Waals surface area contributed by atoms with Gasteiger partial charge < -0.3 is 10.3 Å². The Balaban J connectivity index is 1.78. The Hall–Kier alpha value is -1.42. The number of nitrogens with one attached hydrogen (secondary N) is 2. The molecule has 0 amide bonds. The van der Waals surface area contributed by atoms with Crippen LogP contribution in [0.1, 0.15) is 6.92 Å². The molecule has 16 heavy (non-hydrogen) atoms. The van der Waals surface area contributed by atoms with E-state index < -0.39 is 0 Å². The maximum Gasteiger partial charge on any atom is 0.165 e. The van der Waals surface area contributed by atoms with Crippen LogP contribution in [0.15, 0.2) is 47.9 Å². The Morgan fingerprint density at radius 2 is 2.19 bits per heavy atom. The minimum Gasteiger partial charge on any atom is -0.384 e. The molecule has 84 valence electrons. The molecule has 1 heterocycles. The second-order valence-electron chi connectivity index (χ2n) is 3.57. The molecule has 1 unspecified atom stereocenters. The number of H-pyrrole nitrogens is 1. The van der Waals surface area contributed by atoms with Gasteiger partial charge in [-0.05, 0) is 12.1 Å². The van der Waals surface area contributed by atoms with Crippen molar-refractivity contribution >= 4 is 17.4 Å². The second kappa shape index (κ2) is 5.61. The van der Waals surface area contributed by atoms with Gasteiger partial charge in [0.1, 0.15) is 0 Å². The number of aromatic amines is 1. The molecule has 1 atom stereocenters. The quantitative estimate of drug-likeness (QED) is 0.780. The summed E-state index contributed by atoms with van der Waals surface area (Å²) in [6, 6.07) is 10.2. The van der Waals surface area contributed by atoms with E-state index in [1.807, 2.05) is 24.4 Å². The Kier molecular flexibility index (Phi) is 3.88. The number of imidazole rings is 1. The van der Waals surface area contributed by atoms with Crippen LogP contribution in [0.4, 0.5) is 5.69 Å². The van der Waals surface area contributed by atoms with E-state index in [-0.39, 0.29) is 0 Å². The zero-order chi connectivity index (χ0) is 11.2. The number of hydrogen-bond acceptors (Lipinski definition) is 3. The maximum absolute atomic E-state index is 4.19. The Morgan fingerprint density at radius 1 is 1.38 bits per heavy atom. The summed E-state index contributed by atoms with van der Waals surface area (Å²) < 4.78 is 0. The highest BCUT2D eigenvalue weighted by atomic mass is 32.2. The van der Waals surface area contributed by atoms with Crippen molar-refractivity contribution in [1.29, 1.82) is 0 Å². The van der Waals surface area contributed by atoms with E-state index in [0.29, 0.717) is 5.25 Å². The molecular weight excluding hydrogens is 218 g/mol. The predicted octanol–water partition coefficient (Wildman–Crippen LogP) is 3.00. The third-order valence-corrected chi connectivity index (χ3v) is 3.17. The number of benzene rings is 1. The first kappa shape index (κ1) is 11.1. The molecule has 4 heteroatoms. The number of thioether (sulfide) groups is 1. The van der Waals surface area contributed by atoms with E-state index in [1.165, 1.54) is 0 Å². The molecule has 0 fully saturated rings. The number of hydrogen-bond donors (Lipinski definition) is 2. The average molecular weight is 233 g/mol. The van der Waals surface area contributed by atoms with Crippen LogP contribution in [0.3, 0.4) is 0 Å². The topological polar surface area (TPSA) is 40.7 Å². The molecule has 0 aliphatic carbocycles. The molecule has 0 saturated heterocycles. The first-order chi connectivity index (χ1) is 7.84. The fraction of sp³-hybridized carbons (Fsp3) is 0.250. The van der Waals surface area contributed by atoms with Gasteiger partial charge in [0.2, 0.25) is 0 Å². The van der Waals surface area contributed by atoms with Crippen molar-refractivity contribution in [2.45, 2.75) is 17.3 Å². The Bertz CT molecular complexity index is 399. The lowest BCUT2D eigenvalue weighted by Gasteiger charge is -2.11. The lowest BCUT2D eigenvalue weighted by Crippen LogP contribution is -2.13. The van der Waals surface area contributed by atoms with Crippen LogP contribution in [0, 0.1) is 0 Å². The summed E-state index contributed by atoms with van der Waals surface area (Å²) >= 11 is 1.74. The number of aromatic nitrogens is 2. The summed E-state index contributed by atoms with van der Waals surface area (Å²) in [7, 11) is 0. The molecule has 0 bridgehead atoms. The Labute approximate surface area is 99.7 Å². The summed E-state index contributed by atoms with van der Waals surface area (Å²) in [6.45, 7) is 3.11. The molecule has 0 radical (unpaired) electrons. The third kappa shape index (κ3) is 3.31. The largest absolute Gasteiger partial charge is 0.384 e. The van der Waals surface area contributed by atoms with Crippen LogP contribution in [0.25, 0.3) is 0 Å². The van der Waals surface area contributed by atoms with E-state index in [1.54, 1.807) is 18.0 Å². The van der Waals surface area contributed by atoms with Crippen LogP contribution in [-0.4, -0.2) is 21.8 Å². The van der Waals surface area contributed by atoms with Crippen LogP contribution >= 0.6 is 11.8 Å². The molecule has 2 N–H and O–H groups in total. The van der Waals surface area contributed by atoms with E-state index in [4.69, 9.17) is 0 Å². The number of nitrogens with zero attached hydrogens (tertiary/aromatic N) is 1. The zero-order valence-electron chi connectivity index (χ0n) is 9.18. The highest BCUT2D eigenvalue weighted by molar-refractivity contribution is 7.99. The molecule has 1 aromatic heterocycles. The first-order valence-electron chi connectivity index (χ1n) is 5.29. The highest BCUT2D eigenvalue weighted by Gasteiger charge is 2.05. The van der Waals surface area contributed by atoms with Gasteiger partial charge in [0.15, 0.2) is 5.16 Å². The average Bonchev–Trinajstić information content (AvgIpc) is 2.81. The summed E-state index contributed by atoms with van der Waals surface area (Å²) in [5, 5.41) is 4.85. The molecular formula is C12H15N3S. The van der Waals surface area contributed by atoms with E-state index >= 15 is 0 Å². The van der Waals surface area contributed by atoms with E-state index in [0.717, 1.165) is 17.4 Å². The smallest absolute Gasteiger partial charge is 0.165 e. The SMILES string of the molecule is CC(CNc1ccccc1)Sc1ncc[nH]1. The maximum atomic E-state index is 4.19. The van der Waals surface area contributed by atoms with E-state index in [9.17, 15) is 0 Å². The third-order valence-electron chi connectivity index (χ3n) is 2.15. The van der Waals surface area contributed by atoms with Gasteiger partial charge in [0.05, 0.1) is 0 Å². The molecule has 2 aromatic rings. The van der Waals surface area contributed by atoms with Crippen molar-refractivity contribution in [3.8, 4) is 0 Å². The molecule has 2 rings (SSSR count). The summed E-state index contributed by atoms with van der Waals surface area (Å²) in [6.07, 6.45) is 3.62. The van der Waals surface area contributed by atoms with Crippen LogP contribution < -0.4 is 5.32 Å². The minimum absolute atomic E-state index is 0.478. The minimum atomic E-state index is 0.478. The van der Waals surface area contributed by atoms with Crippen molar-refractivity contribution in [2.75, 3.05) is 11.9 Å². The van der Waals surface area contributed by atoms with Crippen LogP contribution in [0.2, 0.25) is 0 Å². The van der Waals surface area contributed by atoms with Crippen molar-refractivity contribution in [3.63, 3.8) is 0 Å². The number of anilines is 1. The standard InChI is InChI=1S/C12H15N3S/c1-10(16-12-13-7-8-14-12)9-15-11-5-3-2-4-6-11/h2-8,10,15H,9H2,1H3,(H,13,14). The molecule has 0 saturated carbocycles. The molecule has 0 spiro atoms. The lowest BCUT2D eigenvalue weighted by atomic mass is 10.3. The normalized spacial score (nSPS) is 12.3. The van der Waals surface area contributed by atoms with Gasteiger partial charge in [0, 0.05) is 29.9 Å². The van der Waals surface area contributed by atoms with Crippen molar-refractivity contribution in [1.82, 2.24) is 9.97 Å². The zero-order valence-corrected chi connectivity index (χ0v) is 10.00.